The molecular formula is C18H26N2O4. The van der Waals surface area contributed by atoms with E-state index in [-0.39, 0.29) is 23.1 Å². The number of likely N-dealkylation sites (tertiary alicyclic amines) is 2. The predicted octanol–water partition coefficient (Wildman–Crippen LogP) is 1.50. The van der Waals surface area contributed by atoms with Gasteiger partial charge in [0, 0.05) is 44.3 Å². The Hall–Kier alpha value is -1.69. The summed E-state index contributed by atoms with van der Waals surface area (Å²) in [6.07, 6.45) is 8.87. The fourth-order valence-electron chi connectivity index (χ4n) is 3.80. The van der Waals surface area contributed by atoms with E-state index in [2.05, 4.69) is 12.2 Å². The number of carbonyl (C=O) groups excluding carboxylic acids is 3. The quantitative estimate of drug-likeness (QED) is 0.577. The first-order chi connectivity index (χ1) is 11.6. The van der Waals surface area contributed by atoms with E-state index < -0.39 is 0 Å². The number of piperidine rings is 1. The Bertz CT molecular complexity index is 519. The first-order valence-electron chi connectivity index (χ1n) is 8.93. The molecule has 2 saturated heterocycles. The largest absolute Gasteiger partial charge is 0.377 e. The summed E-state index contributed by atoms with van der Waals surface area (Å²) in [5, 5.41) is 0. The average molecular weight is 334 g/mol. The lowest BCUT2D eigenvalue weighted by Gasteiger charge is -2.40. The molecule has 0 N–H and O–H groups in total. The highest BCUT2D eigenvalue weighted by molar-refractivity contribution is 6.01. The van der Waals surface area contributed by atoms with E-state index in [0.717, 1.165) is 39.0 Å². The van der Waals surface area contributed by atoms with E-state index in [1.54, 1.807) is 0 Å². The normalized spacial score (nSPS) is 23.8. The lowest BCUT2D eigenvalue weighted by atomic mass is 9.76. The first-order valence-corrected chi connectivity index (χ1v) is 8.93. The number of hydrogen-bond acceptors (Lipinski definition) is 4. The summed E-state index contributed by atoms with van der Waals surface area (Å²) in [6.45, 7) is 3.40. The molecule has 0 atom stereocenters. The molecule has 3 aliphatic rings. The fraction of sp³-hybridized carbons (Fsp3) is 0.722. The third-order valence-electron chi connectivity index (χ3n) is 5.44. The summed E-state index contributed by atoms with van der Waals surface area (Å²) in [5.41, 5.74) is 0.193. The van der Waals surface area contributed by atoms with Gasteiger partial charge in [0.1, 0.15) is 0 Å². The Kier molecular flexibility index (Phi) is 5.33. The Morgan fingerprint density at radius 1 is 1.12 bits per heavy atom. The van der Waals surface area contributed by atoms with Gasteiger partial charge < -0.3 is 9.64 Å². The number of amides is 3. The molecule has 0 radical (unpaired) electrons. The summed E-state index contributed by atoms with van der Waals surface area (Å²) in [4.78, 5) is 38.7. The summed E-state index contributed by atoms with van der Waals surface area (Å²) < 4.78 is 5.67. The van der Waals surface area contributed by atoms with Crippen molar-refractivity contribution in [1.82, 2.24) is 9.80 Å². The molecule has 3 aliphatic heterocycles. The van der Waals surface area contributed by atoms with Gasteiger partial charge in [-0.25, -0.2) is 0 Å². The van der Waals surface area contributed by atoms with Crippen molar-refractivity contribution in [2.45, 2.75) is 44.9 Å². The van der Waals surface area contributed by atoms with Crippen molar-refractivity contribution in [2.75, 3.05) is 32.8 Å². The molecule has 3 heterocycles. The van der Waals surface area contributed by atoms with Crippen LogP contribution in [0.2, 0.25) is 0 Å². The van der Waals surface area contributed by atoms with Crippen LogP contribution in [0.15, 0.2) is 12.2 Å². The highest BCUT2D eigenvalue weighted by Crippen LogP contribution is 2.37. The zero-order valence-electron chi connectivity index (χ0n) is 14.2. The number of imide groups is 1. The highest BCUT2D eigenvalue weighted by Gasteiger charge is 2.36. The fourth-order valence-corrected chi connectivity index (χ4v) is 3.80. The van der Waals surface area contributed by atoms with Gasteiger partial charge in [0.2, 0.25) is 17.7 Å². The van der Waals surface area contributed by atoms with Gasteiger partial charge in [0.15, 0.2) is 0 Å². The number of rotatable bonds is 4. The third kappa shape index (κ3) is 3.86. The van der Waals surface area contributed by atoms with Crippen LogP contribution in [0.4, 0.5) is 0 Å². The van der Waals surface area contributed by atoms with Crippen molar-refractivity contribution in [2.24, 2.45) is 5.41 Å². The molecule has 6 heteroatoms. The van der Waals surface area contributed by atoms with Crippen molar-refractivity contribution in [1.29, 1.82) is 0 Å². The minimum Gasteiger partial charge on any atom is -0.377 e. The number of carbonyl (C=O) groups is 3. The van der Waals surface area contributed by atoms with Gasteiger partial charge in [-0.3, -0.25) is 19.3 Å². The number of hydrogen-bond donors (Lipinski definition) is 0. The van der Waals surface area contributed by atoms with Gasteiger partial charge in [0.05, 0.1) is 13.2 Å². The van der Waals surface area contributed by atoms with E-state index in [9.17, 15) is 14.4 Å². The second kappa shape index (κ2) is 7.47. The topological polar surface area (TPSA) is 66.9 Å². The van der Waals surface area contributed by atoms with Crippen molar-refractivity contribution >= 4 is 17.7 Å². The van der Waals surface area contributed by atoms with Crippen LogP contribution in [-0.2, 0) is 19.1 Å². The van der Waals surface area contributed by atoms with Crippen molar-refractivity contribution in [3.63, 3.8) is 0 Å². The summed E-state index contributed by atoms with van der Waals surface area (Å²) in [7, 11) is 0. The lowest BCUT2D eigenvalue weighted by molar-refractivity contribution is -0.140. The molecule has 1 spiro atoms. The molecule has 2 fully saturated rings. The Balaban J connectivity index is 1.41. The van der Waals surface area contributed by atoms with Gasteiger partial charge in [-0.2, -0.15) is 0 Å². The first kappa shape index (κ1) is 17.1. The molecule has 0 unspecified atom stereocenters. The van der Waals surface area contributed by atoms with Gasteiger partial charge in [0.25, 0.3) is 0 Å². The van der Waals surface area contributed by atoms with Crippen LogP contribution in [0.25, 0.3) is 0 Å². The summed E-state index contributed by atoms with van der Waals surface area (Å²) >= 11 is 0. The van der Waals surface area contributed by atoms with Crippen LogP contribution in [0.5, 0.6) is 0 Å². The Labute approximate surface area is 142 Å². The average Bonchev–Trinajstić information content (AvgIpc) is 2.77. The van der Waals surface area contributed by atoms with Crippen LogP contribution in [0.3, 0.4) is 0 Å². The van der Waals surface area contributed by atoms with E-state index >= 15 is 0 Å². The van der Waals surface area contributed by atoms with Crippen LogP contribution >= 0.6 is 0 Å². The maximum Gasteiger partial charge on any atom is 0.229 e. The molecule has 24 heavy (non-hydrogen) atoms. The van der Waals surface area contributed by atoms with Crippen LogP contribution < -0.4 is 0 Å². The van der Waals surface area contributed by atoms with E-state index in [0.29, 0.717) is 38.8 Å². The van der Waals surface area contributed by atoms with Gasteiger partial charge in [-0.05, 0) is 25.7 Å². The van der Waals surface area contributed by atoms with Gasteiger partial charge >= 0.3 is 0 Å². The second-order valence-electron chi connectivity index (χ2n) is 7.11. The van der Waals surface area contributed by atoms with Crippen molar-refractivity contribution in [3.05, 3.63) is 12.2 Å². The molecule has 0 aromatic rings. The van der Waals surface area contributed by atoms with Crippen LogP contribution in [0, 0.1) is 5.41 Å². The summed E-state index contributed by atoms with van der Waals surface area (Å²) in [5.74, 6) is -0.0726. The monoisotopic (exact) mass is 334 g/mol. The number of allylic oxidation sites excluding steroid dienone is 1. The van der Waals surface area contributed by atoms with Crippen LogP contribution in [-0.4, -0.2) is 60.4 Å². The maximum atomic E-state index is 12.4. The predicted molar refractivity (Wildman–Crippen MR) is 88.0 cm³/mol. The molecule has 6 nitrogen and oxygen atoms in total. The Morgan fingerprint density at radius 2 is 1.83 bits per heavy atom. The molecule has 0 aromatic heterocycles. The molecule has 0 aliphatic carbocycles. The summed E-state index contributed by atoms with van der Waals surface area (Å²) in [6, 6.07) is 0. The molecule has 132 valence electrons. The second-order valence-corrected chi connectivity index (χ2v) is 7.11. The number of nitrogens with zero attached hydrogens (tertiary/aromatic N) is 2. The SMILES string of the molecule is O=C(CCCN1C(=O)CCC1=O)N1CCC2(CC=CCOC2)CC1. The standard InChI is InChI=1S/C18H26N2O4/c21-15(4-3-10-20-16(22)5-6-17(20)23)19-11-8-18(9-12-19)7-1-2-13-24-14-18/h1-2H,3-14H2. The van der Waals surface area contributed by atoms with E-state index in [4.69, 9.17) is 4.74 Å². The molecule has 0 bridgehead atoms. The maximum absolute atomic E-state index is 12.4. The molecule has 3 rings (SSSR count). The highest BCUT2D eigenvalue weighted by atomic mass is 16.5. The van der Waals surface area contributed by atoms with Crippen molar-refractivity contribution < 1.29 is 19.1 Å². The minimum absolute atomic E-state index is 0.103. The molecule has 3 amide bonds. The molecule has 0 saturated carbocycles. The van der Waals surface area contributed by atoms with E-state index in [1.165, 1.54) is 4.90 Å². The van der Waals surface area contributed by atoms with Gasteiger partial charge in [-0.15, -0.1) is 0 Å². The number of ether oxygens (including phenoxy) is 1. The lowest BCUT2D eigenvalue weighted by Crippen LogP contribution is -2.44. The zero-order valence-corrected chi connectivity index (χ0v) is 14.2. The van der Waals surface area contributed by atoms with Gasteiger partial charge in [-0.1, -0.05) is 12.2 Å². The molecular weight excluding hydrogens is 308 g/mol. The zero-order chi connectivity index (χ0) is 17.0. The smallest absolute Gasteiger partial charge is 0.229 e. The third-order valence-corrected chi connectivity index (χ3v) is 5.44. The minimum atomic E-state index is -0.103. The van der Waals surface area contributed by atoms with E-state index in [1.807, 2.05) is 4.90 Å². The van der Waals surface area contributed by atoms with Crippen LogP contribution in [0.1, 0.15) is 44.9 Å². The molecule has 0 aromatic carbocycles. The van der Waals surface area contributed by atoms with Crippen molar-refractivity contribution in [3.8, 4) is 0 Å². The Morgan fingerprint density at radius 3 is 2.54 bits per heavy atom.